The molecule has 3 fully saturated rings. The molecule has 0 aromatic carbocycles. The maximum absolute atomic E-state index is 4.44. The van der Waals surface area contributed by atoms with Gasteiger partial charge in [-0.2, -0.15) is 0 Å². The minimum Gasteiger partial charge on any atom is -0.356 e. The number of likely N-dealkylation sites (tertiary alicyclic amines) is 2. The SMILES string of the molecule is CN=C(NCC1CCN(C)CC1)NC1CCN(C2CCCC2)C1.I. The van der Waals surface area contributed by atoms with Crippen LogP contribution < -0.4 is 10.6 Å². The van der Waals surface area contributed by atoms with Gasteiger partial charge in [0.25, 0.3) is 0 Å². The zero-order chi connectivity index (χ0) is 16.1. The summed E-state index contributed by atoms with van der Waals surface area (Å²) in [5.41, 5.74) is 0. The third-order valence-corrected chi connectivity index (χ3v) is 6.02. The van der Waals surface area contributed by atoms with Crippen molar-refractivity contribution in [3.8, 4) is 0 Å². The topological polar surface area (TPSA) is 42.9 Å². The van der Waals surface area contributed by atoms with E-state index in [1.165, 1.54) is 71.1 Å². The highest BCUT2D eigenvalue weighted by Gasteiger charge is 2.30. The normalized spacial score (nSPS) is 28.1. The number of rotatable bonds is 4. The first kappa shape index (κ1) is 20.2. The van der Waals surface area contributed by atoms with Crippen molar-refractivity contribution in [2.24, 2.45) is 10.9 Å². The van der Waals surface area contributed by atoms with Gasteiger partial charge >= 0.3 is 0 Å². The van der Waals surface area contributed by atoms with E-state index in [2.05, 4.69) is 32.5 Å². The molecule has 2 saturated heterocycles. The maximum Gasteiger partial charge on any atom is 0.191 e. The number of nitrogens with zero attached hydrogens (tertiary/aromatic N) is 3. The standard InChI is InChI=1S/C18H35N5.HI/c1-19-18(20-13-15-7-10-22(2)11-8-15)21-16-9-12-23(14-16)17-5-3-4-6-17;/h15-17H,3-14H2,1-2H3,(H2,19,20,21);1H. The second-order valence-corrected chi connectivity index (χ2v) is 7.76. The van der Waals surface area contributed by atoms with Crippen molar-refractivity contribution in [1.82, 2.24) is 20.4 Å². The number of hydrogen-bond acceptors (Lipinski definition) is 3. The van der Waals surface area contributed by atoms with E-state index in [0.29, 0.717) is 6.04 Å². The Bertz CT molecular complexity index is 389. The van der Waals surface area contributed by atoms with Crippen molar-refractivity contribution in [1.29, 1.82) is 0 Å². The summed E-state index contributed by atoms with van der Waals surface area (Å²) in [5, 5.41) is 7.22. The third kappa shape index (κ3) is 5.73. The maximum atomic E-state index is 4.44. The predicted molar refractivity (Wildman–Crippen MR) is 112 cm³/mol. The Balaban J connectivity index is 0.00000208. The van der Waals surface area contributed by atoms with Crippen LogP contribution in [0, 0.1) is 5.92 Å². The second-order valence-electron chi connectivity index (χ2n) is 7.76. The van der Waals surface area contributed by atoms with Crippen molar-refractivity contribution < 1.29 is 0 Å². The largest absolute Gasteiger partial charge is 0.356 e. The molecule has 2 heterocycles. The lowest BCUT2D eigenvalue weighted by Crippen LogP contribution is -2.47. The third-order valence-electron chi connectivity index (χ3n) is 6.02. The van der Waals surface area contributed by atoms with Gasteiger partial charge in [-0.15, -0.1) is 24.0 Å². The van der Waals surface area contributed by atoms with Crippen LogP contribution in [0.5, 0.6) is 0 Å². The van der Waals surface area contributed by atoms with Crippen molar-refractivity contribution in [2.45, 2.75) is 57.0 Å². The zero-order valence-corrected chi connectivity index (χ0v) is 17.8. The van der Waals surface area contributed by atoms with Crippen molar-refractivity contribution in [3.05, 3.63) is 0 Å². The lowest BCUT2D eigenvalue weighted by atomic mass is 9.97. The average molecular weight is 449 g/mol. The van der Waals surface area contributed by atoms with Crippen LogP contribution in [0.3, 0.4) is 0 Å². The molecule has 24 heavy (non-hydrogen) atoms. The smallest absolute Gasteiger partial charge is 0.191 e. The van der Waals surface area contributed by atoms with Gasteiger partial charge in [-0.05, 0) is 58.2 Å². The number of nitrogens with one attached hydrogen (secondary N) is 2. The highest BCUT2D eigenvalue weighted by atomic mass is 127. The Morgan fingerprint density at radius 1 is 1.04 bits per heavy atom. The summed E-state index contributed by atoms with van der Waals surface area (Å²) in [6.07, 6.45) is 9.55. The lowest BCUT2D eigenvalue weighted by Gasteiger charge is -2.29. The molecule has 2 aliphatic heterocycles. The molecular formula is C18H36IN5. The number of piperidine rings is 1. The van der Waals surface area contributed by atoms with Gasteiger partial charge in [0, 0.05) is 38.8 Å². The fourth-order valence-corrected chi connectivity index (χ4v) is 4.40. The molecule has 0 aromatic heterocycles. The quantitative estimate of drug-likeness (QED) is 0.392. The molecule has 140 valence electrons. The Morgan fingerprint density at radius 2 is 1.75 bits per heavy atom. The van der Waals surface area contributed by atoms with Gasteiger partial charge in [-0.25, -0.2) is 0 Å². The fraction of sp³-hybridized carbons (Fsp3) is 0.944. The average Bonchev–Trinajstić information content (AvgIpc) is 3.24. The first-order valence-electron chi connectivity index (χ1n) is 9.64. The molecule has 3 rings (SSSR count). The van der Waals surface area contributed by atoms with Gasteiger partial charge in [0.15, 0.2) is 5.96 Å². The lowest BCUT2D eigenvalue weighted by molar-refractivity contribution is 0.220. The van der Waals surface area contributed by atoms with E-state index in [4.69, 9.17) is 0 Å². The summed E-state index contributed by atoms with van der Waals surface area (Å²) < 4.78 is 0. The molecule has 0 radical (unpaired) electrons. The summed E-state index contributed by atoms with van der Waals surface area (Å²) in [7, 11) is 4.12. The molecule has 6 heteroatoms. The predicted octanol–water partition coefficient (Wildman–Crippen LogP) is 2.13. The Kier molecular flexibility index (Phi) is 8.57. The van der Waals surface area contributed by atoms with Gasteiger partial charge in [-0.3, -0.25) is 9.89 Å². The Labute approximate surface area is 165 Å². The van der Waals surface area contributed by atoms with E-state index in [9.17, 15) is 0 Å². The molecular weight excluding hydrogens is 413 g/mol. The molecule has 1 saturated carbocycles. The Hall–Kier alpha value is -0.0800. The van der Waals surface area contributed by atoms with Gasteiger partial charge in [0.05, 0.1) is 0 Å². The molecule has 1 aliphatic carbocycles. The van der Waals surface area contributed by atoms with E-state index in [1.54, 1.807) is 0 Å². The fourth-order valence-electron chi connectivity index (χ4n) is 4.40. The molecule has 3 aliphatic rings. The summed E-state index contributed by atoms with van der Waals surface area (Å²) in [4.78, 5) is 9.57. The van der Waals surface area contributed by atoms with Gasteiger partial charge < -0.3 is 15.5 Å². The minimum atomic E-state index is 0. The summed E-state index contributed by atoms with van der Waals surface area (Å²) >= 11 is 0. The first-order chi connectivity index (χ1) is 11.2. The molecule has 0 spiro atoms. The molecule has 1 atom stereocenters. The minimum absolute atomic E-state index is 0. The van der Waals surface area contributed by atoms with Crippen LogP contribution >= 0.6 is 24.0 Å². The zero-order valence-electron chi connectivity index (χ0n) is 15.5. The van der Waals surface area contributed by atoms with E-state index < -0.39 is 0 Å². The molecule has 5 nitrogen and oxygen atoms in total. The summed E-state index contributed by atoms with van der Waals surface area (Å²) in [5.74, 6) is 1.80. The molecule has 0 bridgehead atoms. The number of guanidine groups is 1. The molecule has 0 amide bonds. The molecule has 0 aromatic rings. The highest BCUT2D eigenvalue weighted by Crippen LogP contribution is 2.26. The van der Waals surface area contributed by atoms with E-state index in [1.807, 2.05) is 7.05 Å². The van der Waals surface area contributed by atoms with Crippen LogP contribution in [0.25, 0.3) is 0 Å². The number of halogens is 1. The summed E-state index contributed by atoms with van der Waals surface area (Å²) in [6.45, 7) is 5.98. The first-order valence-corrected chi connectivity index (χ1v) is 9.64. The monoisotopic (exact) mass is 449 g/mol. The van der Waals surface area contributed by atoms with Crippen molar-refractivity contribution in [3.63, 3.8) is 0 Å². The highest BCUT2D eigenvalue weighted by molar-refractivity contribution is 14.0. The van der Waals surface area contributed by atoms with E-state index >= 15 is 0 Å². The van der Waals surface area contributed by atoms with Crippen molar-refractivity contribution >= 4 is 29.9 Å². The van der Waals surface area contributed by atoms with Crippen LogP contribution in [-0.2, 0) is 0 Å². The van der Waals surface area contributed by atoms with Gasteiger partial charge in [0.2, 0.25) is 0 Å². The molecule has 2 N–H and O–H groups in total. The van der Waals surface area contributed by atoms with Gasteiger partial charge in [-0.1, -0.05) is 12.8 Å². The van der Waals surface area contributed by atoms with Crippen LogP contribution in [0.4, 0.5) is 0 Å². The van der Waals surface area contributed by atoms with Crippen LogP contribution in [-0.4, -0.2) is 74.7 Å². The van der Waals surface area contributed by atoms with E-state index in [-0.39, 0.29) is 24.0 Å². The van der Waals surface area contributed by atoms with Gasteiger partial charge in [0.1, 0.15) is 0 Å². The van der Waals surface area contributed by atoms with Crippen LogP contribution in [0.15, 0.2) is 4.99 Å². The van der Waals surface area contributed by atoms with E-state index in [0.717, 1.165) is 24.5 Å². The Morgan fingerprint density at radius 3 is 2.42 bits per heavy atom. The number of hydrogen-bond donors (Lipinski definition) is 2. The van der Waals surface area contributed by atoms with Crippen LogP contribution in [0.1, 0.15) is 44.9 Å². The second kappa shape index (κ2) is 10.2. The number of aliphatic imine (C=N–C) groups is 1. The van der Waals surface area contributed by atoms with Crippen molar-refractivity contribution in [2.75, 3.05) is 46.8 Å². The molecule has 1 unspecified atom stereocenters. The van der Waals surface area contributed by atoms with Crippen LogP contribution in [0.2, 0.25) is 0 Å². The summed E-state index contributed by atoms with van der Waals surface area (Å²) in [6, 6.07) is 1.43.